The molecule has 70 valence electrons. The smallest absolute Gasteiger partial charge is 0.216 e. The molecular weight excluding hydrogens is 152 g/mol. The van der Waals surface area contributed by atoms with Crippen LogP contribution in [0.5, 0.6) is 0 Å². The molecule has 0 unspecified atom stereocenters. The quantitative estimate of drug-likeness (QED) is 0.436. The fourth-order valence-electron chi connectivity index (χ4n) is 0.844. The summed E-state index contributed by atoms with van der Waals surface area (Å²) in [6.07, 6.45) is 3.96. The van der Waals surface area contributed by atoms with Crippen LogP contribution >= 0.6 is 0 Å². The van der Waals surface area contributed by atoms with E-state index in [1.54, 1.807) is 0 Å². The number of carbonyl (C=O) groups excluding carboxylic acids is 1. The lowest BCUT2D eigenvalue weighted by Gasteiger charge is -2.02. The minimum absolute atomic E-state index is 0.0500. The van der Waals surface area contributed by atoms with Gasteiger partial charge in [0.15, 0.2) is 0 Å². The van der Waals surface area contributed by atoms with E-state index in [-0.39, 0.29) is 5.91 Å². The summed E-state index contributed by atoms with van der Waals surface area (Å²) in [7, 11) is 0. The van der Waals surface area contributed by atoms with Gasteiger partial charge in [0.1, 0.15) is 0 Å². The zero-order valence-corrected chi connectivity index (χ0v) is 7.73. The van der Waals surface area contributed by atoms with Gasteiger partial charge in [-0.15, -0.1) is 6.58 Å². The predicted octanol–water partition coefficient (Wildman–Crippen LogP) is 0.678. The van der Waals surface area contributed by atoms with Gasteiger partial charge in [-0.1, -0.05) is 6.08 Å². The minimum atomic E-state index is 0.0500. The number of rotatable bonds is 7. The average molecular weight is 170 g/mol. The number of nitrogens with one attached hydrogen (secondary N) is 2. The first-order chi connectivity index (χ1) is 5.77. The van der Waals surface area contributed by atoms with Crippen molar-refractivity contribution in [2.45, 2.75) is 19.8 Å². The highest BCUT2D eigenvalue weighted by atomic mass is 16.1. The molecule has 0 saturated carbocycles. The Balaban J connectivity index is 2.90. The van der Waals surface area contributed by atoms with Crippen molar-refractivity contribution in [1.82, 2.24) is 10.6 Å². The fraction of sp³-hybridized carbons (Fsp3) is 0.667. The summed E-state index contributed by atoms with van der Waals surface area (Å²) in [4.78, 5) is 10.4. The second-order valence-corrected chi connectivity index (χ2v) is 2.68. The van der Waals surface area contributed by atoms with E-state index in [1.165, 1.54) is 6.92 Å². The lowest BCUT2D eigenvalue weighted by atomic mass is 10.3. The first kappa shape index (κ1) is 11.2. The lowest BCUT2D eigenvalue weighted by molar-refractivity contribution is -0.118. The van der Waals surface area contributed by atoms with Crippen molar-refractivity contribution in [3.05, 3.63) is 12.7 Å². The molecule has 0 rings (SSSR count). The Labute approximate surface area is 74.2 Å². The monoisotopic (exact) mass is 170 g/mol. The van der Waals surface area contributed by atoms with E-state index in [0.29, 0.717) is 0 Å². The van der Waals surface area contributed by atoms with Crippen molar-refractivity contribution in [2.24, 2.45) is 0 Å². The van der Waals surface area contributed by atoms with Crippen LogP contribution in [0.3, 0.4) is 0 Å². The Bertz CT molecular complexity index is 134. The molecule has 0 fully saturated rings. The third kappa shape index (κ3) is 9.17. The summed E-state index contributed by atoms with van der Waals surface area (Å²) in [5.41, 5.74) is 0. The maximum Gasteiger partial charge on any atom is 0.216 e. The van der Waals surface area contributed by atoms with Crippen LogP contribution in [-0.4, -0.2) is 25.5 Å². The maximum atomic E-state index is 10.4. The minimum Gasteiger partial charge on any atom is -0.356 e. The summed E-state index contributed by atoms with van der Waals surface area (Å²) in [5.74, 6) is 0.0500. The van der Waals surface area contributed by atoms with E-state index >= 15 is 0 Å². The van der Waals surface area contributed by atoms with Gasteiger partial charge in [0, 0.05) is 20.0 Å². The van der Waals surface area contributed by atoms with Gasteiger partial charge in [0.25, 0.3) is 0 Å². The first-order valence-corrected chi connectivity index (χ1v) is 4.33. The van der Waals surface area contributed by atoms with Crippen molar-refractivity contribution in [3.8, 4) is 0 Å². The number of unbranched alkanes of at least 4 members (excludes halogenated alkanes) is 1. The highest BCUT2D eigenvalue weighted by Gasteiger charge is 1.90. The molecule has 0 aromatic heterocycles. The maximum absolute atomic E-state index is 10.4. The predicted molar refractivity (Wildman–Crippen MR) is 51.0 cm³/mol. The van der Waals surface area contributed by atoms with E-state index in [2.05, 4.69) is 17.2 Å². The van der Waals surface area contributed by atoms with Crippen molar-refractivity contribution >= 4 is 5.91 Å². The standard InChI is InChI=1S/C9H18N2O/c1-3-6-10-7-4-5-8-11-9(2)12/h3,10H,1,4-8H2,2H3,(H,11,12). The van der Waals surface area contributed by atoms with Crippen molar-refractivity contribution in [1.29, 1.82) is 0 Å². The van der Waals surface area contributed by atoms with Crippen LogP contribution in [0.4, 0.5) is 0 Å². The molecule has 0 bridgehead atoms. The average Bonchev–Trinajstić information content (AvgIpc) is 2.02. The lowest BCUT2D eigenvalue weighted by Crippen LogP contribution is -2.22. The third-order valence-electron chi connectivity index (χ3n) is 1.44. The highest BCUT2D eigenvalue weighted by Crippen LogP contribution is 1.83. The topological polar surface area (TPSA) is 41.1 Å². The molecule has 0 heterocycles. The van der Waals surface area contributed by atoms with Gasteiger partial charge in [-0.2, -0.15) is 0 Å². The van der Waals surface area contributed by atoms with Gasteiger partial charge >= 0.3 is 0 Å². The van der Waals surface area contributed by atoms with Crippen molar-refractivity contribution < 1.29 is 4.79 Å². The Hall–Kier alpha value is -0.830. The van der Waals surface area contributed by atoms with E-state index in [4.69, 9.17) is 0 Å². The summed E-state index contributed by atoms with van der Waals surface area (Å²) >= 11 is 0. The zero-order valence-electron chi connectivity index (χ0n) is 7.73. The van der Waals surface area contributed by atoms with E-state index < -0.39 is 0 Å². The molecule has 0 atom stereocenters. The molecule has 1 amide bonds. The van der Waals surface area contributed by atoms with Crippen LogP contribution in [-0.2, 0) is 4.79 Å². The van der Waals surface area contributed by atoms with Gasteiger partial charge < -0.3 is 10.6 Å². The van der Waals surface area contributed by atoms with Crippen LogP contribution in [0.15, 0.2) is 12.7 Å². The molecule has 3 heteroatoms. The molecule has 0 radical (unpaired) electrons. The van der Waals surface area contributed by atoms with Crippen LogP contribution in [0, 0.1) is 0 Å². The van der Waals surface area contributed by atoms with Gasteiger partial charge in [0.05, 0.1) is 0 Å². The Kier molecular flexibility index (Phi) is 7.70. The van der Waals surface area contributed by atoms with Gasteiger partial charge in [-0.3, -0.25) is 4.79 Å². The first-order valence-electron chi connectivity index (χ1n) is 4.33. The SMILES string of the molecule is C=CCNCCCCNC(C)=O. The second-order valence-electron chi connectivity index (χ2n) is 2.68. The largest absolute Gasteiger partial charge is 0.356 e. The van der Waals surface area contributed by atoms with Gasteiger partial charge in [-0.25, -0.2) is 0 Å². The fourth-order valence-corrected chi connectivity index (χ4v) is 0.844. The molecule has 0 aromatic carbocycles. The molecular formula is C9H18N2O. The van der Waals surface area contributed by atoms with E-state index in [0.717, 1.165) is 32.5 Å². The van der Waals surface area contributed by atoms with Crippen LogP contribution in [0.2, 0.25) is 0 Å². The van der Waals surface area contributed by atoms with Crippen molar-refractivity contribution in [3.63, 3.8) is 0 Å². The summed E-state index contributed by atoms with van der Waals surface area (Å²) < 4.78 is 0. The van der Waals surface area contributed by atoms with Crippen LogP contribution in [0.1, 0.15) is 19.8 Å². The molecule has 0 aliphatic carbocycles. The zero-order chi connectivity index (χ0) is 9.23. The van der Waals surface area contributed by atoms with E-state index in [9.17, 15) is 4.79 Å². The molecule has 3 nitrogen and oxygen atoms in total. The molecule has 0 aliphatic heterocycles. The molecule has 0 saturated heterocycles. The van der Waals surface area contributed by atoms with Crippen molar-refractivity contribution in [2.75, 3.05) is 19.6 Å². The molecule has 2 N–H and O–H groups in total. The normalized spacial score (nSPS) is 9.42. The summed E-state index contributed by atoms with van der Waals surface area (Å²) in [6, 6.07) is 0. The molecule has 0 aliphatic rings. The molecule has 0 aromatic rings. The van der Waals surface area contributed by atoms with Crippen LogP contribution < -0.4 is 10.6 Å². The number of hydrogen-bond acceptors (Lipinski definition) is 2. The van der Waals surface area contributed by atoms with Gasteiger partial charge in [-0.05, 0) is 19.4 Å². The summed E-state index contributed by atoms with van der Waals surface area (Å²) in [5, 5.41) is 5.94. The molecule has 12 heavy (non-hydrogen) atoms. The Morgan fingerprint density at radius 1 is 1.42 bits per heavy atom. The highest BCUT2D eigenvalue weighted by molar-refractivity contribution is 5.72. The van der Waals surface area contributed by atoms with Gasteiger partial charge in [0.2, 0.25) is 5.91 Å². The summed E-state index contributed by atoms with van der Waals surface area (Å²) in [6.45, 7) is 7.77. The number of amides is 1. The Morgan fingerprint density at radius 3 is 2.67 bits per heavy atom. The third-order valence-corrected chi connectivity index (χ3v) is 1.44. The number of hydrogen-bond donors (Lipinski definition) is 2. The Morgan fingerprint density at radius 2 is 2.08 bits per heavy atom. The van der Waals surface area contributed by atoms with Crippen LogP contribution in [0.25, 0.3) is 0 Å². The molecule has 0 spiro atoms. The van der Waals surface area contributed by atoms with E-state index in [1.807, 2.05) is 6.08 Å². The number of carbonyl (C=O) groups is 1. The second kappa shape index (κ2) is 8.27.